The van der Waals surface area contributed by atoms with Crippen molar-refractivity contribution in [2.45, 2.75) is 25.5 Å². The van der Waals surface area contributed by atoms with Gasteiger partial charge in [0.25, 0.3) is 0 Å². The molecule has 4 nitrogen and oxygen atoms in total. The summed E-state index contributed by atoms with van der Waals surface area (Å²) in [7, 11) is 3.41. The van der Waals surface area contributed by atoms with Gasteiger partial charge in [-0.25, -0.2) is 4.98 Å². The Kier molecular flexibility index (Phi) is 5.34. The predicted octanol–water partition coefficient (Wildman–Crippen LogP) is 1.63. The van der Waals surface area contributed by atoms with Crippen LogP contribution in [0.5, 0.6) is 0 Å². The van der Waals surface area contributed by atoms with E-state index in [0.29, 0.717) is 6.61 Å². The van der Waals surface area contributed by atoms with E-state index < -0.39 is 0 Å². The van der Waals surface area contributed by atoms with Crippen LogP contribution in [0.4, 0.5) is 0 Å². The molecule has 1 heterocycles. The van der Waals surface area contributed by atoms with Crippen LogP contribution in [0.15, 0.2) is 11.6 Å². The molecular weight excluding hydrogens is 224 g/mol. The molecule has 1 N–H and O–H groups in total. The molecule has 0 spiro atoms. The molecule has 0 radical (unpaired) electrons. The van der Waals surface area contributed by atoms with Gasteiger partial charge in [-0.15, -0.1) is 11.3 Å². The third kappa shape index (κ3) is 3.01. The maximum absolute atomic E-state index is 5.43. The molecule has 0 bridgehead atoms. The highest BCUT2D eigenvalue weighted by atomic mass is 32.1. The highest BCUT2D eigenvalue weighted by Crippen LogP contribution is 2.27. The van der Waals surface area contributed by atoms with Gasteiger partial charge in [-0.3, -0.25) is 0 Å². The van der Waals surface area contributed by atoms with Gasteiger partial charge in [-0.1, -0.05) is 0 Å². The lowest BCUT2D eigenvalue weighted by Crippen LogP contribution is -2.49. The van der Waals surface area contributed by atoms with Crippen LogP contribution in [0.1, 0.15) is 18.9 Å². The molecule has 0 saturated carbocycles. The predicted molar refractivity (Wildman–Crippen MR) is 65.8 cm³/mol. The number of aromatic nitrogens is 1. The normalized spacial score (nSPS) is 17.0. The van der Waals surface area contributed by atoms with Crippen molar-refractivity contribution < 1.29 is 9.47 Å². The van der Waals surface area contributed by atoms with Gasteiger partial charge in [0, 0.05) is 32.3 Å². The van der Waals surface area contributed by atoms with E-state index >= 15 is 0 Å². The Labute approximate surface area is 101 Å². The number of nitrogens with one attached hydrogen (secondary N) is 1. The SMILES string of the molecule is COCCNC(C)(c1nccs1)C(C)OC. The molecule has 16 heavy (non-hydrogen) atoms. The topological polar surface area (TPSA) is 43.4 Å². The van der Waals surface area contributed by atoms with Gasteiger partial charge < -0.3 is 14.8 Å². The molecule has 0 aliphatic carbocycles. The number of hydrogen-bond acceptors (Lipinski definition) is 5. The smallest absolute Gasteiger partial charge is 0.115 e. The molecule has 0 fully saturated rings. The third-order valence-electron chi connectivity index (χ3n) is 2.84. The van der Waals surface area contributed by atoms with Crippen molar-refractivity contribution in [3.8, 4) is 0 Å². The Morgan fingerprint density at radius 1 is 1.56 bits per heavy atom. The molecular formula is C11H20N2O2S. The average Bonchev–Trinajstić information content (AvgIpc) is 2.82. The Balaban J connectivity index is 2.76. The molecule has 92 valence electrons. The largest absolute Gasteiger partial charge is 0.383 e. The van der Waals surface area contributed by atoms with Crippen LogP contribution in [-0.4, -0.2) is 38.5 Å². The molecule has 2 unspecified atom stereocenters. The average molecular weight is 244 g/mol. The fraction of sp³-hybridized carbons (Fsp3) is 0.727. The lowest BCUT2D eigenvalue weighted by atomic mass is 9.96. The Morgan fingerprint density at radius 2 is 2.31 bits per heavy atom. The quantitative estimate of drug-likeness (QED) is 0.740. The summed E-state index contributed by atoms with van der Waals surface area (Å²) in [6, 6.07) is 0. The monoisotopic (exact) mass is 244 g/mol. The summed E-state index contributed by atoms with van der Waals surface area (Å²) in [4.78, 5) is 4.37. The highest BCUT2D eigenvalue weighted by Gasteiger charge is 2.35. The van der Waals surface area contributed by atoms with Crippen LogP contribution in [0.3, 0.4) is 0 Å². The van der Waals surface area contributed by atoms with Crippen LogP contribution < -0.4 is 5.32 Å². The molecule has 1 aromatic heterocycles. The van der Waals surface area contributed by atoms with Crippen LogP contribution >= 0.6 is 11.3 Å². The molecule has 0 saturated heterocycles. The lowest BCUT2D eigenvalue weighted by molar-refractivity contribution is 0.0325. The molecule has 0 aliphatic rings. The fourth-order valence-electron chi connectivity index (χ4n) is 1.52. The van der Waals surface area contributed by atoms with Gasteiger partial charge in [0.05, 0.1) is 18.2 Å². The fourth-order valence-corrected chi connectivity index (χ4v) is 2.38. The van der Waals surface area contributed by atoms with Gasteiger partial charge in [0.1, 0.15) is 5.01 Å². The first-order chi connectivity index (χ1) is 7.65. The van der Waals surface area contributed by atoms with E-state index in [-0.39, 0.29) is 11.6 Å². The zero-order valence-corrected chi connectivity index (χ0v) is 11.1. The standard InChI is InChI=1S/C11H20N2O2S/c1-9(15-4)11(2,13-5-7-14-3)10-12-6-8-16-10/h6,8-9,13H,5,7H2,1-4H3. The number of ether oxygens (including phenoxy) is 2. The summed E-state index contributed by atoms with van der Waals surface area (Å²) in [5, 5.41) is 6.47. The van der Waals surface area contributed by atoms with Crippen molar-refractivity contribution in [1.29, 1.82) is 0 Å². The van der Waals surface area contributed by atoms with Crippen molar-refractivity contribution in [3.63, 3.8) is 0 Å². The molecule has 0 amide bonds. The second kappa shape index (κ2) is 6.30. The minimum absolute atomic E-state index is 0.0514. The first kappa shape index (κ1) is 13.6. The Morgan fingerprint density at radius 3 is 2.81 bits per heavy atom. The van der Waals surface area contributed by atoms with Gasteiger partial charge in [-0.2, -0.15) is 0 Å². The van der Waals surface area contributed by atoms with Crippen LogP contribution in [-0.2, 0) is 15.0 Å². The summed E-state index contributed by atoms with van der Waals surface area (Å²) < 4.78 is 10.5. The Hall–Kier alpha value is -0.490. The van der Waals surface area contributed by atoms with Gasteiger partial charge in [0.2, 0.25) is 0 Å². The molecule has 1 aromatic rings. The second-order valence-electron chi connectivity index (χ2n) is 3.84. The van der Waals surface area contributed by atoms with E-state index in [2.05, 4.69) is 17.2 Å². The summed E-state index contributed by atoms with van der Waals surface area (Å²) in [6.07, 6.45) is 1.87. The lowest BCUT2D eigenvalue weighted by Gasteiger charge is -2.34. The Bertz CT molecular complexity index is 292. The van der Waals surface area contributed by atoms with Crippen molar-refractivity contribution in [2.24, 2.45) is 0 Å². The minimum Gasteiger partial charge on any atom is -0.383 e. The molecule has 2 atom stereocenters. The number of nitrogens with zero attached hydrogens (tertiary/aromatic N) is 1. The highest BCUT2D eigenvalue weighted by molar-refractivity contribution is 7.09. The van der Waals surface area contributed by atoms with E-state index in [0.717, 1.165) is 11.6 Å². The van der Waals surface area contributed by atoms with E-state index in [9.17, 15) is 0 Å². The van der Waals surface area contributed by atoms with Gasteiger partial charge >= 0.3 is 0 Å². The summed E-state index contributed by atoms with van der Waals surface area (Å²) in [5.41, 5.74) is -0.262. The first-order valence-electron chi connectivity index (χ1n) is 5.32. The molecule has 0 aromatic carbocycles. The summed E-state index contributed by atoms with van der Waals surface area (Å²) >= 11 is 1.64. The molecule has 1 rings (SSSR count). The van der Waals surface area contributed by atoms with Crippen molar-refractivity contribution in [2.75, 3.05) is 27.4 Å². The maximum Gasteiger partial charge on any atom is 0.115 e. The number of thiazole rings is 1. The zero-order valence-electron chi connectivity index (χ0n) is 10.3. The van der Waals surface area contributed by atoms with Crippen molar-refractivity contribution in [1.82, 2.24) is 10.3 Å². The number of hydrogen-bond donors (Lipinski definition) is 1. The summed E-state index contributed by atoms with van der Waals surface area (Å²) in [6.45, 7) is 5.61. The van der Waals surface area contributed by atoms with E-state index in [1.807, 2.05) is 18.5 Å². The molecule has 0 aliphatic heterocycles. The number of methoxy groups -OCH3 is 2. The van der Waals surface area contributed by atoms with Crippen molar-refractivity contribution >= 4 is 11.3 Å². The van der Waals surface area contributed by atoms with Gasteiger partial charge in [-0.05, 0) is 13.8 Å². The van der Waals surface area contributed by atoms with Crippen LogP contribution in [0.2, 0.25) is 0 Å². The van der Waals surface area contributed by atoms with E-state index in [1.54, 1.807) is 25.6 Å². The third-order valence-corrected chi connectivity index (χ3v) is 3.85. The van der Waals surface area contributed by atoms with E-state index in [1.165, 1.54) is 0 Å². The minimum atomic E-state index is -0.262. The van der Waals surface area contributed by atoms with Crippen LogP contribution in [0.25, 0.3) is 0 Å². The maximum atomic E-state index is 5.43. The zero-order chi connectivity index (χ0) is 12.0. The van der Waals surface area contributed by atoms with Gasteiger partial charge in [0.15, 0.2) is 0 Å². The number of rotatable bonds is 7. The second-order valence-corrected chi connectivity index (χ2v) is 4.73. The van der Waals surface area contributed by atoms with Crippen molar-refractivity contribution in [3.05, 3.63) is 16.6 Å². The first-order valence-corrected chi connectivity index (χ1v) is 6.20. The van der Waals surface area contributed by atoms with E-state index in [4.69, 9.17) is 9.47 Å². The summed E-state index contributed by atoms with van der Waals surface area (Å²) in [5.74, 6) is 0. The molecule has 5 heteroatoms. The van der Waals surface area contributed by atoms with Crippen LogP contribution in [0, 0.1) is 0 Å².